The van der Waals surface area contributed by atoms with Gasteiger partial charge >= 0.3 is 0 Å². The predicted octanol–water partition coefficient (Wildman–Crippen LogP) is 2.18. The molecule has 0 atom stereocenters. The van der Waals surface area contributed by atoms with Gasteiger partial charge in [0.1, 0.15) is 4.90 Å². The summed E-state index contributed by atoms with van der Waals surface area (Å²) < 4.78 is 37.6. The van der Waals surface area contributed by atoms with Crippen molar-refractivity contribution in [3.05, 3.63) is 35.9 Å². The second-order valence-electron chi connectivity index (χ2n) is 5.24. The van der Waals surface area contributed by atoms with Crippen molar-refractivity contribution in [3.63, 3.8) is 0 Å². The summed E-state index contributed by atoms with van der Waals surface area (Å²) in [4.78, 5) is 8.02. The highest BCUT2D eigenvalue weighted by Gasteiger charge is 2.18. The van der Waals surface area contributed by atoms with E-state index in [0.29, 0.717) is 33.6 Å². The van der Waals surface area contributed by atoms with Crippen LogP contribution in [0.5, 0.6) is 0 Å². The molecule has 0 amide bonds. The molecule has 0 fully saturated rings. The van der Waals surface area contributed by atoms with Gasteiger partial charge in [0.05, 0.1) is 40.2 Å². The summed E-state index contributed by atoms with van der Waals surface area (Å²) in [5.74, 6) is 0. The molecule has 0 aliphatic heterocycles. The Morgan fingerprint density at radius 3 is 2.17 bits per heavy atom. The van der Waals surface area contributed by atoms with Crippen LogP contribution in [0.15, 0.2) is 38.5 Å². The number of nitrogens with zero attached hydrogens (tertiary/aromatic N) is 4. The highest BCUT2D eigenvalue weighted by Crippen LogP contribution is 2.24. The summed E-state index contributed by atoms with van der Waals surface area (Å²) >= 11 is 0. The maximum absolute atomic E-state index is 12.6. The van der Waals surface area contributed by atoms with Crippen molar-refractivity contribution in [3.8, 4) is 0 Å². The van der Waals surface area contributed by atoms with E-state index in [1.807, 2.05) is 0 Å². The second-order valence-corrected chi connectivity index (χ2v) is 6.92. The smallest absolute Gasteiger partial charge is 0.263 e. The number of aromatic nitrogens is 4. The predicted molar refractivity (Wildman–Crippen MR) is 83.9 cm³/mol. The molecule has 4 rings (SSSR count). The maximum Gasteiger partial charge on any atom is 0.263 e. The molecule has 24 heavy (non-hydrogen) atoms. The third-order valence-corrected chi connectivity index (χ3v) is 4.91. The molecule has 0 radical (unpaired) electrons. The minimum absolute atomic E-state index is 0.00318. The van der Waals surface area contributed by atoms with E-state index in [-0.39, 0.29) is 10.6 Å². The van der Waals surface area contributed by atoms with E-state index >= 15 is 0 Å². The molecule has 0 spiro atoms. The number of pyridine rings is 2. The van der Waals surface area contributed by atoms with Gasteiger partial charge in [-0.2, -0.15) is 0 Å². The van der Waals surface area contributed by atoms with E-state index < -0.39 is 10.0 Å². The van der Waals surface area contributed by atoms with Crippen molar-refractivity contribution in [1.82, 2.24) is 20.3 Å². The highest BCUT2D eigenvalue weighted by atomic mass is 32.2. The third kappa shape index (κ3) is 2.27. The van der Waals surface area contributed by atoms with Gasteiger partial charge in [0.2, 0.25) is 0 Å². The Hall–Kier alpha value is -3.01. The van der Waals surface area contributed by atoms with Gasteiger partial charge in [0.15, 0.2) is 0 Å². The molecule has 10 heteroatoms. The summed E-state index contributed by atoms with van der Waals surface area (Å²) in [6, 6.07) is 3.08. The molecule has 0 saturated heterocycles. The lowest BCUT2D eigenvalue weighted by Crippen LogP contribution is -2.13. The first-order valence-electron chi connectivity index (χ1n) is 6.91. The monoisotopic (exact) mass is 345 g/mol. The Kier molecular flexibility index (Phi) is 3.03. The topological polar surface area (TPSA) is 124 Å². The van der Waals surface area contributed by atoms with Gasteiger partial charge in [-0.3, -0.25) is 4.72 Å². The number of hydrogen-bond acceptors (Lipinski definition) is 8. The van der Waals surface area contributed by atoms with Crippen molar-refractivity contribution in [1.29, 1.82) is 0 Å². The molecule has 0 aromatic carbocycles. The van der Waals surface area contributed by atoms with E-state index in [9.17, 15) is 8.42 Å². The zero-order chi connectivity index (χ0) is 16.9. The van der Waals surface area contributed by atoms with Crippen LogP contribution in [0.25, 0.3) is 22.2 Å². The van der Waals surface area contributed by atoms with Crippen LogP contribution in [0.1, 0.15) is 11.4 Å². The van der Waals surface area contributed by atoms with Gasteiger partial charge in [-0.15, -0.1) is 0 Å². The summed E-state index contributed by atoms with van der Waals surface area (Å²) in [5.41, 5.74) is 2.13. The SMILES string of the molecule is Cc1noc2ncc(NS(=O)(=O)c3cnc4onc(C)c4c3)cc12. The van der Waals surface area contributed by atoms with Gasteiger partial charge in [0.25, 0.3) is 21.5 Å². The van der Waals surface area contributed by atoms with Gasteiger partial charge in [-0.1, -0.05) is 10.3 Å². The molecular weight excluding hydrogens is 334 g/mol. The quantitative estimate of drug-likeness (QED) is 0.599. The van der Waals surface area contributed by atoms with Crippen LogP contribution >= 0.6 is 0 Å². The average molecular weight is 345 g/mol. The Morgan fingerprint density at radius 1 is 0.917 bits per heavy atom. The van der Waals surface area contributed by atoms with Crippen LogP contribution in [-0.2, 0) is 10.0 Å². The maximum atomic E-state index is 12.6. The lowest BCUT2D eigenvalue weighted by atomic mass is 10.3. The Bertz CT molecular complexity index is 1180. The summed E-state index contributed by atoms with van der Waals surface area (Å²) in [6.45, 7) is 3.46. The van der Waals surface area contributed by atoms with Crippen molar-refractivity contribution >= 4 is 37.9 Å². The first-order valence-corrected chi connectivity index (χ1v) is 8.39. The van der Waals surface area contributed by atoms with Crippen LogP contribution in [0.3, 0.4) is 0 Å². The molecule has 4 heterocycles. The Labute approximate surface area is 135 Å². The molecule has 0 unspecified atom stereocenters. The number of hydrogen-bond donors (Lipinski definition) is 1. The Morgan fingerprint density at radius 2 is 1.50 bits per heavy atom. The average Bonchev–Trinajstić information content (AvgIpc) is 3.11. The van der Waals surface area contributed by atoms with Crippen molar-refractivity contribution in [2.24, 2.45) is 0 Å². The van der Waals surface area contributed by atoms with E-state index in [1.54, 1.807) is 19.9 Å². The van der Waals surface area contributed by atoms with Gasteiger partial charge in [-0.05, 0) is 26.0 Å². The largest absolute Gasteiger partial charge is 0.336 e. The van der Waals surface area contributed by atoms with Gasteiger partial charge < -0.3 is 9.05 Å². The van der Waals surface area contributed by atoms with Crippen molar-refractivity contribution in [2.75, 3.05) is 4.72 Å². The molecule has 0 saturated carbocycles. The second kappa shape index (κ2) is 4.99. The number of nitrogens with one attached hydrogen (secondary N) is 1. The molecule has 9 nitrogen and oxygen atoms in total. The molecule has 122 valence electrons. The third-order valence-electron chi connectivity index (χ3n) is 3.56. The molecular formula is C14H11N5O4S. The van der Waals surface area contributed by atoms with Gasteiger partial charge in [-0.25, -0.2) is 18.4 Å². The summed E-state index contributed by atoms with van der Waals surface area (Å²) in [7, 11) is -3.84. The summed E-state index contributed by atoms with van der Waals surface area (Å²) in [6.07, 6.45) is 2.58. The molecule has 1 N–H and O–H groups in total. The van der Waals surface area contributed by atoms with E-state index in [2.05, 4.69) is 25.0 Å². The number of fused-ring (bicyclic) bond motifs is 2. The first-order chi connectivity index (χ1) is 11.4. The summed E-state index contributed by atoms with van der Waals surface area (Å²) in [5, 5.41) is 8.73. The van der Waals surface area contributed by atoms with Crippen LogP contribution < -0.4 is 4.72 Å². The zero-order valence-electron chi connectivity index (χ0n) is 12.6. The van der Waals surface area contributed by atoms with Crippen LogP contribution in [-0.4, -0.2) is 28.7 Å². The minimum atomic E-state index is -3.84. The Balaban J connectivity index is 1.74. The molecule has 0 bridgehead atoms. The zero-order valence-corrected chi connectivity index (χ0v) is 13.5. The standard InChI is InChI=1S/C14H11N5O4S/c1-7-11-3-9(5-15-13(11)22-17-7)19-24(20,21)10-4-12-8(2)18-23-14(12)16-6-10/h3-6,19H,1-2H3. The van der Waals surface area contributed by atoms with E-state index in [1.165, 1.54) is 18.5 Å². The molecule has 0 aliphatic carbocycles. The lowest BCUT2D eigenvalue weighted by molar-refractivity contribution is 0.442. The first kappa shape index (κ1) is 14.6. The number of sulfonamides is 1. The van der Waals surface area contributed by atoms with Crippen LogP contribution in [0.2, 0.25) is 0 Å². The van der Waals surface area contributed by atoms with Crippen molar-refractivity contribution < 1.29 is 17.5 Å². The van der Waals surface area contributed by atoms with Crippen molar-refractivity contribution in [2.45, 2.75) is 18.7 Å². The molecule has 4 aromatic rings. The fourth-order valence-corrected chi connectivity index (χ4v) is 3.29. The molecule has 0 aliphatic rings. The van der Waals surface area contributed by atoms with Crippen LogP contribution in [0, 0.1) is 13.8 Å². The van der Waals surface area contributed by atoms with E-state index in [0.717, 1.165) is 0 Å². The highest BCUT2D eigenvalue weighted by molar-refractivity contribution is 7.92. The van der Waals surface area contributed by atoms with E-state index in [4.69, 9.17) is 9.05 Å². The number of aryl methyl sites for hydroxylation is 2. The molecule has 4 aromatic heterocycles. The number of rotatable bonds is 3. The fraction of sp³-hybridized carbons (Fsp3) is 0.143. The lowest BCUT2D eigenvalue weighted by Gasteiger charge is -2.07. The van der Waals surface area contributed by atoms with Crippen LogP contribution in [0.4, 0.5) is 5.69 Å². The number of anilines is 1. The normalized spacial score (nSPS) is 12.1. The minimum Gasteiger partial charge on any atom is -0.336 e. The van der Waals surface area contributed by atoms with Gasteiger partial charge in [0, 0.05) is 0 Å². The fourth-order valence-electron chi connectivity index (χ4n) is 2.29.